The maximum absolute atomic E-state index is 11.1. The van der Waals surface area contributed by atoms with E-state index >= 15 is 0 Å². The quantitative estimate of drug-likeness (QED) is 0.397. The zero-order chi connectivity index (χ0) is 9.26. The van der Waals surface area contributed by atoms with E-state index in [1.54, 1.807) is 4.90 Å². The molecule has 2 aliphatic heterocycles. The van der Waals surface area contributed by atoms with Crippen molar-refractivity contribution in [2.24, 2.45) is 0 Å². The second-order valence-corrected chi connectivity index (χ2v) is 2.84. The third-order valence-electron chi connectivity index (χ3n) is 2.01. The third-order valence-corrected chi connectivity index (χ3v) is 2.01. The summed E-state index contributed by atoms with van der Waals surface area (Å²) >= 11 is 0. The third kappa shape index (κ3) is 1.55. The number of carbonyl (C=O) groups is 2. The summed E-state index contributed by atoms with van der Waals surface area (Å²) in [5.41, 5.74) is 0.355. The molecule has 0 aromatic rings. The molecule has 0 aromatic heterocycles. The fraction of sp³-hybridized carbons (Fsp3) is 0.500. The van der Waals surface area contributed by atoms with Gasteiger partial charge < -0.3 is 14.4 Å². The maximum Gasteiger partial charge on any atom is 0.362 e. The zero-order valence-electron chi connectivity index (χ0n) is 6.99. The zero-order valence-corrected chi connectivity index (χ0v) is 6.99. The lowest BCUT2D eigenvalue weighted by atomic mass is 10.3. The monoisotopic (exact) mass is 183 g/mol. The summed E-state index contributed by atoms with van der Waals surface area (Å²) < 4.78 is 9.49. The first-order chi connectivity index (χ1) is 6.27. The number of esters is 2. The van der Waals surface area contributed by atoms with E-state index in [4.69, 9.17) is 4.74 Å². The van der Waals surface area contributed by atoms with Crippen molar-refractivity contribution in [2.45, 2.75) is 0 Å². The van der Waals surface area contributed by atoms with Gasteiger partial charge in [-0.2, -0.15) is 0 Å². The van der Waals surface area contributed by atoms with Crippen molar-refractivity contribution in [3.05, 3.63) is 11.8 Å². The lowest BCUT2D eigenvalue weighted by Gasteiger charge is -2.27. The molecule has 5 nitrogen and oxygen atoms in total. The van der Waals surface area contributed by atoms with E-state index in [1.807, 2.05) is 0 Å². The summed E-state index contributed by atoms with van der Waals surface area (Å²) in [6.45, 7) is 2.43. The minimum Gasteiger partial charge on any atom is -0.385 e. The van der Waals surface area contributed by atoms with Gasteiger partial charge in [0, 0.05) is 13.1 Å². The average Bonchev–Trinajstić information content (AvgIpc) is 2.47. The SMILES string of the molecule is O=C1C=C(N2CCOCC2)C(=O)O1. The van der Waals surface area contributed by atoms with Crippen molar-refractivity contribution in [3.63, 3.8) is 0 Å². The van der Waals surface area contributed by atoms with Crippen LogP contribution in [0.2, 0.25) is 0 Å². The molecule has 1 saturated heterocycles. The number of cyclic esters (lactones) is 2. The molecule has 0 unspecified atom stereocenters. The van der Waals surface area contributed by atoms with Gasteiger partial charge in [0.2, 0.25) is 0 Å². The van der Waals surface area contributed by atoms with Crippen molar-refractivity contribution < 1.29 is 19.1 Å². The molecule has 1 fully saturated rings. The summed E-state index contributed by atoms with van der Waals surface area (Å²) in [5.74, 6) is -1.13. The molecule has 13 heavy (non-hydrogen) atoms. The lowest BCUT2D eigenvalue weighted by molar-refractivity contribution is -0.151. The van der Waals surface area contributed by atoms with Crippen LogP contribution >= 0.6 is 0 Å². The van der Waals surface area contributed by atoms with Crippen LogP contribution < -0.4 is 0 Å². The summed E-state index contributed by atoms with van der Waals surface area (Å²) in [5, 5.41) is 0. The number of hydrogen-bond donors (Lipinski definition) is 0. The van der Waals surface area contributed by atoms with Crippen LogP contribution in [0.15, 0.2) is 11.8 Å². The maximum atomic E-state index is 11.1. The van der Waals surface area contributed by atoms with Gasteiger partial charge in [-0.05, 0) is 0 Å². The first-order valence-electron chi connectivity index (χ1n) is 4.08. The normalized spacial score (nSPS) is 23.1. The van der Waals surface area contributed by atoms with Crippen LogP contribution in [-0.2, 0) is 19.1 Å². The smallest absolute Gasteiger partial charge is 0.362 e. The highest BCUT2D eigenvalue weighted by atomic mass is 16.6. The first kappa shape index (κ1) is 8.25. The standard InChI is InChI=1S/C8H9NO4/c10-7-5-6(8(11)13-7)9-1-3-12-4-2-9/h5H,1-4H2. The minimum atomic E-state index is -0.577. The molecule has 0 aromatic carbocycles. The number of carbonyl (C=O) groups excluding carboxylic acids is 2. The van der Waals surface area contributed by atoms with E-state index in [9.17, 15) is 9.59 Å². The van der Waals surface area contributed by atoms with E-state index in [-0.39, 0.29) is 0 Å². The number of hydrogen-bond acceptors (Lipinski definition) is 5. The predicted molar refractivity (Wildman–Crippen MR) is 41.6 cm³/mol. The Morgan fingerprint density at radius 1 is 1.23 bits per heavy atom. The molecule has 0 aliphatic carbocycles. The lowest BCUT2D eigenvalue weighted by Crippen LogP contribution is -2.37. The van der Waals surface area contributed by atoms with Crippen LogP contribution in [0.3, 0.4) is 0 Å². The van der Waals surface area contributed by atoms with Gasteiger partial charge in [-0.3, -0.25) is 0 Å². The number of ether oxygens (including phenoxy) is 2. The molecule has 0 amide bonds. The second-order valence-electron chi connectivity index (χ2n) is 2.84. The molecule has 2 heterocycles. The van der Waals surface area contributed by atoms with E-state index in [0.717, 1.165) is 0 Å². The van der Waals surface area contributed by atoms with Gasteiger partial charge in [-0.15, -0.1) is 0 Å². The number of morpholine rings is 1. The minimum absolute atomic E-state index is 0.355. The van der Waals surface area contributed by atoms with Crippen LogP contribution in [0, 0.1) is 0 Å². The van der Waals surface area contributed by atoms with Crippen LogP contribution in [0.1, 0.15) is 0 Å². The van der Waals surface area contributed by atoms with Crippen molar-refractivity contribution >= 4 is 11.9 Å². The average molecular weight is 183 g/mol. The Labute approximate surface area is 74.9 Å². The summed E-state index contributed by atoms with van der Waals surface area (Å²) in [6.07, 6.45) is 1.23. The van der Waals surface area contributed by atoms with Gasteiger partial charge in [-0.25, -0.2) is 9.59 Å². The number of nitrogens with zero attached hydrogens (tertiary/aromatic N) is 1. The Kier molecular flexibility index (Phi) is 2.02. The molecule has 0 atom stereocenters. The summed E-state index contributed by atoms with van der Waals surface area (Å²) in [7, 11) is 0. The van der Waals surface area contributed by atoms with Crippen LogP contribution in [0.5, 0.6) is 0 Å². The van der Waals surface area contributed by atoms with E-state index in [2.05, 4.69) is 4.74 Å². The van der Waals surface area contributed by atoms with E-state index < -0.39 is 11.9 Å². The Morgan fingerprint density at radius 2 is 1.92 bits per heavy atom. The highest BCUT2D eigenvalue weighted by Gasteiger charge is 2.29. The highest BCUT2D eigenvalue weighted by Crippen LogP contribution is 2.14. The summed E-state index contributed by atoms with van der Waals surface area (Å²) in [4.78, 5) is 23.6. The van der Waals surface area contributed by atoms with Crippen LogP contribution in [0.4, 0.5) is 0 Å². The van der Waals surface area contributed by atoms with Gasteiger partial charge in [0.25, 0.3) is 0 Å². The van der Waals surface area contributed by atoms with Crippen molar-refractivity contribution in [1.82, 2.24) is 4.90 Å². The molecule has 0 bridgehead atoms. The molecule has 5 heteroatoms. The largest absolute Gasteiger partial charge is 0.385 e. The van der Waals surface area contributed by atoms with Gasteiger partial charge >= 0.3 is 11.9 Å². The Bertz CT molecular complexity index is 278. The predicted octanol–water partition coefficient (Wildman–Crippen LogP) is -0.714. The Balaban J connectivity index is 2.10. The molecule has 0 radical (unpaired) electrons. The molecule has 0 saturated carbocycles. The van der Waals surface area contributed by atoms with Crippen molar-refractivity contribution in [3.8, 4) is 0 Å². The van der Waals surface area contributed by atoms with E-state index in [1.165, 1.54) is 6.08 Å². The highest BCUT2D eigenvalue weighted by molar-refractivity contribution is 6.08. The first-order valence-corrected chi connectivity index (χ1v) is 4.08. The molecule has 70 valence electrons. The van der Waals surface area contributed by atoms with Gasteiger partial charge in [0.15, 0.2) is 0 Å². The van der Waals surface area contributed by atoms with Gasteiger partial charge in [-0.1, -0.05) is 0 Å². The fourth-order valence-corrected chi connectivity index (χ4v) is 1.37. The Hall–Kier alpha value is -1.36. The Morgan fingerprint density at radius 3 is 2.46 bits per heavy atom. The van der Waals surface area contributed by atoms with Gasteiger partial charge in [0.1, 0.15) is 5.70 Å². The van der Waals surface area contributed by atoms with E-state index in [0.29, 0.717) is 32.0 Å². The molecular weight excluding hydrogens is 174 g/mol. The summed E-state index contributed by atoms with van der Waals surface area (Å²) in [6, 6.07) is 0. The van der Waals surface area contributed by atoms with Crippen LogP contribution in [0.25, 0.3) is 0 Å². The molecule has 0 N–H and O–H groups in total. The second kappa shape index (κ2) is 3.18. The molecule has 2 aliphatic rings. The van der Waals surface area contributed by atoms with Gasteiger partial charge in [0.05, 0.1) is 19.3 Å². The molecule has 0 spiro atoms. The topological polar surface area (TPSA) is 55.8 Å². The van der Waals surface area contributed by atoms with Crippen LogP contribution in [-0.4, -0.2) is 43.1 Å². The number of rotatable bonds is 1. The molecular formula is C8H9NO4. The fourth-order valence-electron chi connectivity index (χ4n) is 1.37. The van der Waals surface area contributed by atoms with Crippen molar-refractivity contribution in [2.75, 3.05) is 26.3 Å². The molecule has 2 rings (SSSR count). The van der Waals surface area contributed by atoms with Crippen molar-refractivity contribution in [1.29, 1.82) is 0 Å².